The van der Waals surface area contributed by atoms with E-state index in [9.17, 15) is 15.0 Å². The van der Waals surface area contributed by atoms with E-state index in [0.717, 1.165) is 12.8 Å². The third kappa shape index (κ3) is 3.21. The van der Waals surface area contributed by atoms with E-state index >= 15 is 0 Å². The molecule has 0 spiro atoms. The molecule has 0 bridgehead atoms. The zero-order valence-electron chi connectivity index (χ0n) is 10.8. The van der Waals surface area contributed by atoms with E-state index in [1.807, 2.05) is 0 Å². The molecule has 0 heterocycles. The van der Waals surface area contributed by atoms with Crippen molar-refractivity contribution in [3.8, 4) is 0 Å². The van der Waals surface area contributed by atoms with E-state index in [-0.39, 0.29) is 5.41 Å². The molecule has 1 aliphatic carbocycles. The summed E-state index contributed by atoms with van der Waals surface area (Å²) in [5.41, 5.74) is -1.37. The molecule has 0 unspecified atom stereocenters. The first kappa shape index (κ1) is 13.5. The van der Waals surface area contributed by atoms with Crippen LogP contribution in [0.4, 0.5) is 0 Å². The lowest BCUT2D eigenvalue weighted by molar-refractivity contribution is -0.157. The van der Waals surface area contributed by atoms with Crippen LogP contribution < -0.4 is 0 Å². The van der Waals surface area contributed by atoms with Crippen LogP contribution in [-0.4, -0.2) is 21.8 Å². The maximum absolute atomic E-state index is 11.5. The molecule has 1 rings (SSSR count). The van der Waals surface area contributed by atoms with Crippen LogP contribution in [0, 0.1) is 10.8 Å². The maximum Gasteiger partial charge on any atom is 0.309 e. The Balaban J connectivity index is 2.81. The van der Waals surface area contributed by atoms with E-state index in [1.165, 1.54) is 0 Å². The topological polar surface area (TPSA) is 57.5 Å². The maximum atomic E-state index is 11.5. The molecule has 0 aromatic rings. The minimum absolute atomic E-state index is 0.249. The van der Waals surface area contributed by atoms with Gasteiger partial charge < -0.3 is 10.2 Å². The Bertz CT molecular complexity index is 263. The largest absolute Gasteiger partial charge is 0.481 e. The molecule has 1 fully saturated rings. The highest BCUT2D eigenvalue weighted by Gasteiger charge is 2.46. The summed E-state index contributed by atoms with van der Waals surface area (Å²) in [5, 5.41) is 19.3. The monoisotopic (exact) mass is 228 g/mol. The van der Waals surface area contributed by atoms with Gasteiger partial charge in [-0.3, -0.25) is 4.79 Å². The Kier molecular flexibility index (Phi) is 3.39. The summed E-state index contributed by atoms with van der Waals surface area (Å²) >= 11 is 0. The van der Waals surface area contributed by atoms with Gasteiger partial charge in [0.2, 0.25) is 0 Å². The Labute approximate surface area is 97.9 Å². The second-order valence-corrected chi connectivity index (χ2v) is 6.74. The number of aliphatic hydroxyl groups is 1. The van der Waals surface area contributed by atoms with Crippen LogP contribution in [0.2, 0.25) is 0 Å². The third-order valence-corrected chi connectivity index (χ3v) is 3.79. The van der Waals surface area contributed by atoms with Gasteiger partial charge in [-0.25, -0.2) is 0 Å². The number of rotatable bonds is 3. The number of carboxylic acid groups (broad SMARTS) is 1. The quantitative estimate of drug-likeness (QED) is 0.781. The fourth-order valence-electron chi connectivity index (χ4n) is 2.70. The fourth-order valence-corrected chi connectivity index (χ4v) is 2.70. The van der Waals surface area contributed by atoms with Gasteiger partial charge in [0.1, 0.15) is 0 Å². The number of hydrogen-bond donors (Lipinski definition) is 2. The molecule has 0 aromatic heterocycles. The van der Waals surface area contributed by atoms with Crippen molar-refractivity contribution in [2.24, 2.45) is 10.8 Å². The molecular weight excluding hydrogens is 204 g/mol. The molecule has 0 aromatic carbocycles. The van der Waals surface area contributed by atoms with E-state index in [1.54, 1.807) is 13.8 Å². The lowest BCUT2D eigenvalue weighted by atomic mass is 9.62. The zero-order chi connectivity index (χ0) is 12.6. The van der Waals surface area contributed by atoms with Crippen molar-refractivity contribution >= 4 is 5.97 Å². The third-order valence-electron chi connectivity index (χ3n) is 3.79. The minimum atomic E-state index is -0.903. The molecule has 3 heteroatoms. The standard InChI is InChI=1S/C13H24O3/c1-11(2)5-7-13(8-6-11,10(14)15)9-12(3,4)16/h16H,5-9H2,1-4H3,(H,14,15). The number of hydrogen-bond acceptors (Lipinski definition) is 2. The molecule has 0 saturated heterocycles. The Morgan fingerprint density at radius 1 is 1.19 bits per heavy atom. The van der Waals surface area contributed by atoms with Crippen molar-refractivity contribution in [2.45, 2.75) is 65.4 Å². The molecule has 0 amide bonds. The molecule has 1 saturated carbocycles. The van der Waals surface area contributed by atoms with Crippen molar-refractivity contribution in [3.63, 3.8) is 0 Å². The smallest absolute Gasteiger partial charge is 0.309 e. The SMILES string of the molecule is CC(C)(O)CC1(C(=O)O)CCC(C)(C)CC1. The van der Waals surface area contributed by atoms with Gasteiger partial charge in [-0.1, -0.05) is 13.8 Å². The first-order chi connectivity index (χ1) is 7.06. The van der Waals surface area contributed by atoms with Gasteiger partial charge in [-0.15, -0.1) is 0 Å². The van der Waals surface area contributed by atoms with Crippen molar-refractivity contribution in [2.75, 3.05) is 0 Å². The highest BCUT2D eigenvalue weighted by molar-refractivity contribution is 5.75. The molecule has 3 nitrogen and oxygen atoms in total. The van der Waals surface area contributed by atoms with E-state index in [0.29, 0.717) is 19.3 Å². The molecular formula is C13H24O3. The van der Waals surface area contributed by atoms with Crippen LogP contribution in [0.15, 0.2) is 0 Å². The normalized spacial score (nSPS) is 24.1. The Hall–Kier alpha value is -0.570. The van der Waals surface area contributed by atoms with Crippen molar-refractivity contribution in [3.05, 3.63) is 0 Å². The lowest BCUT2D eigenvalue weighted by Crippen LogP contribution is -2.42. The summed E-state index contributed by atoms with van der Waals surface area (Å²) in [6.45, 7) is 7.75. The first-order valence-electron chi connectivity index (χ1n) is 6.02. The van der Waals surface area contributed by atoms with Crippen LogP contribution in [-0.2, 0) is 4.79 Å². The first-order valence-corrected chi connectivity index (χ1v) is 6.02. The van der Waals surface area contributed by atoms with Crippen molar-refractivity contribution in [1.82, 2.24) is 0 Å². The summed E-state index contributed by atoms with van der Waals surface area (Å²) < 4.78 is 0. The van der Waals surface area contributed by atoms with Gasteiger partial charge in [-0.05, 0) is 51.4 Å². The summed E-state index contributed by atoms with van der Waals surface area (Å²) in [5.74, 6) is -0.745. The summed E-state index contributed by atoms with van der Waals surface area (Å²) in [6.07, 6.45) is 3.56. The number of carboxylic acids is 1. The highest BCUT2D eigenvalue weighted by atomic mass is 16.4. The van der Waals surface area contributed by atoms with Gasteiger partial charge in [0.15, 0.2) is 0 Å². The fraction of sp³-hybridized carbons (Fsp3) is 0.923. The molecule has 2 N–H and O–H groups in total. The van der Waals surface area contributed by atoms with Crippen LogP contribution in [0.3, 0.4) is 0 Å². The van der Waals surface area contributed by atoms with E-state index in [4.69, 9.17) is 0 Å². The molecule has 0 atom stereocenters. The van der Waals surface area contributed by atoms with Crippen molar-refractivity contribution < 1.29 is 15.0 Å². The van der Waals surface area contributed by atoms with Crippen LogP contribution in [0.5, 0.6) is 0 Å². The summed E-state index contributed by atoms with van der Waals surface area (Å²) in [6, 6.07) is 0. The second-order valence-electron chi connectivity index (χ2n) is 6.74. The molecule has 16 heavy (non-hydrogen) atoms. The summed E-state index contributed by atoms with van der Waals surface area (Å²) in [4.78, 5) is 11.5. The van der Waals surface area contributed by atoms with Gasteiger partial charge in [0, 0.05) is 0 Å². The predicted molar refractivity (Wildman–Crippen MR) is 63.2 cm³/mol. The second kappa shape index (κ2) is 4.02. The number of carbonyl (C=O) groups is 1. The van der Waals surface area contributed by atoms with E-state index in [2.05, 4.69) is 13.8 Å². The van der Waals surface area contributed by atoms with Crippen molar-refractivity contribution in [1.29, 1.82) is 0 Å². The Morgan fingerprint density at radius 3 is 1.94 bits per heavy atom. The Morgan fingerprint density at radius 2 is 1.62 bits per heavy atom. The average Bonchev–Trinajstić information content (AvgIpc) is 2.06. The minimum Gasteiger partial charge on any atom is -0.481 e. The lowest BCUT2D eigenvalue weighted by Gasteiger charge is -2.43. The average molecular weight is 228 g/mol. The molecule has 0 aliphatic heterocycles. The van der Waals surface area contributed by atoms with Crippen LogP contribution in [0.1, 0.15) is 59.8 Å². The summed E-state index contributed by atoms with van der Waals surface area (Å²) in [7, 11) is 0. The van der Waals surface area contributed by atoms with E-state index < -0.39 is 17.0 Å². The molecule has 94 valence electrons. The highest BCUT2D eigenvalue weighted by Crippen LogP contribution is 2.48. The van der Waals surface area contributed by atoms with Crippen LogP contribution in [0.25, 0.3) is 0 Å². The van der Waals surface area contributed by atoms with Gasteiger partial charge in [-0.2, -0.15) is 0 Å². The van der Waals surface area contributed by atoms with Gasteiger partial charge >= 0.3 is 5.97 Å². The molecule has 1 aliphatic rings. The van der Waals surface area contributed by atoms with Gasteiger partial charge in [0.25, 0.3) is 0 Å². The van der Waals surface area contributed by atoms with Crippen LogP contribution >= 0.6 is 0 Å². The zero-order valence-corrected chi connectivity index (χ0v) is 10.8. The molecule has 0 radical (unpaired) electrons. The predicted octanol–water partition coefficient (Wildman–Crippen LogP) is 2.82. The number of aliphatic carboxylic acids is 1. The van der Waals surface area contributed by atoms with Gasteiger partial charge in [0.05, 0.1) is 11.0 Å².